The minimum absolute atomic E-state index is 0.0977. The Morgan fingerprint density at radius 2 is 1.94 bits per heavy atom. The number of rotatable bonds is 4. The van der Waals surface area contributed by atoms with Crippen LogP contribution in [0.1, 0.15) is 72.4 Å². The highest BCUT2D eigenvalue weighted by Crippen LogP contribution is 2.43. The van der Waals surface area contributed by atoms with Gasteiger partial charge in [0.2, 0.25) is 0 Å². The fraction of sp³-hybridized carbons (Fsp3) is 0.440. The van der Waals surface area contributed by atoms with Gasteiger partial charge in [-0.3, -0.25) is 9.59 Å². The Hall–Kier alpha value is -2.64. The van der Waals surface area contributed by atoms with Gasteiger partial charge >= 0.3 is 0 Å². The molecule has 1 amide bonds. The molecule has 5 rings (SSSR count). The molecule has 2 aromatic heterocycles. The number of hydrogen-bond donors (Lipinski definition) is 3. The zero-order valence-corrected chi connectivity index (χ0v) is 19.3. The van der Waals surface area contributed by atoms with Crippen LogP contribution in [0, 0.1) is 5.41 Å². The molecule has 3 aromatic rings. The summed E-state index contributed by atoms with van der Waals surface area (Å²) in [5, 5.41) is 15.4. The van der Waals surface area contributed by atoms with Crippen LogP contribution in [0.2, 0.25) is 0 Å². The Bertz CT molecular complexity index is 1210. The molecule has 4 N–H and O–H groups in total. The summed E-state index contributed by atoms with van der Waals surface area (Å²) in [6, 6.07) is 7.93. The quantitative estimate of drug-likeness (QED) is 0.537. The Kier molecular flexibility index (Phi) is 5.13. The molecule has 2 heterocycles. The fourth-order valence-corrected chi connectivity index (χ4v) is 6.25. The second-order valence-electron chi connectivity index (χ2n) is 9.98. The fourth-order valence-electron chi connectivity index (χ4n) is 5.29. The van der Waals surface area contributed by atoms with E-state index in [0.717, 1.165) is 59.3 Å². The third-order valence-corrected chi connectivity index (χ3v) is 7.74. The van der Waals surface area contributed by atoms with Crippen LogP contribution in [0.3, 0.4) is 0 Å². The lowest BCUT2D eigenvalue weighted by Crippen LogP contribution is -2.29. The molecule has 168 valence electrons. The lowest BCUT2D eigenvalue weighted by atomic mass is 9.76. The van der Waals surface area contributed by atoms with E-state index in [1.54, 1.807) is 17.4 Å². The highest BCUT2D eigenvalue weighted by Gasteiger charge is 2.36. The number of aliphatic hydroxyl groups excluding tert-OH is 1. The smallest absolute Gasteiger partial charge is 0.250 e. The van der Waals surface area contributed by atoms with E-state index in [1.807, 2.05) is 17.5 Å². The van der Waals surface area contributed by atoms with Gasteiger partial charge in [0.15, 0.2) is 5.78 Å². The number of aliphatic hydroxyl groups is 1. The number of fused-ring (bicyclic) bond motifs is 3. The second kappa shape index (κ2) is 7.74. The van der Waals surface area contributed by atoms with E-state index in [2.05, 4.69) is 29.8 Å². The summed E-state index contributed by atoms with van der Waals surface area (Å²) in [5.41, 5.74) is 10.6. The first-order valence-electron chi connectivity index (χ1n) is 11.3. The van der Waals surface area contributed by atoms with Crippen LogP contribution in [-0.4, -0.2) is 33.5 Å². The molecule has 6 nitrogen and oxygen atoms in total. The van der Waals surface area contributed by atoms with Crippen molar-refractivity contribution < 1.29 is 14.7 Å². The summed E-state index contributed by atoms with van der Waals surface area (Å²) >= 11 is 1.61. The Morgan fingerprint density at radius 1 is 1.19 bits per heavy atom. The number of aromatic nitrogens is 1. The van der Waals surface area contributed by atoms with E-state index < -0.39 is 5.91 Å². The minimum atomic E-state index is -0.471. The van der Waals surface area contributed by atoms with Gasteiger partial charge in [-0.25, -0.2) is 0 Å². The van der Waals surface area contributed by atoms with Gasteiger partial charge in [-0.15, -0.1) is 11.3 Å². The van der Waals surface area contributed by atoms with Crippen molar-refractivity contribution in [2.45, 2.75) is 64.5 Å². The van der Waals surface area contributed by atoms with Crippen LogP contribution in [0.4, 0.5) is 5.69 Å². The SMILES string of the molecule is CC1(C)CC(=O)c2c(n(-c3ccc(C(N)=O)c(N[C@H]4CC[C@H](O)CC4)c3)c3ccsc23)C1. The third kappa shape index (κ3) is 3.63. The summed E-state index contributed by atoms with van der Waals surface area (Å²) in [6.07, 6.45) is 4.32. The number of anilines is 1. The summed E-state index contributed by atoms with van der Waals surface area (Å²) in [7, 11) is 0. The molecule has 2 aliphatic rings. The van der Waals surface area contributed by atoms with E-state index in [-0.39, 0.29) is 23.3 Å². The van der Waals surface area contributed by atoms with E-state index in [1.165, 1.54) is 0 Å². The summed E-state index contributed by atoms with van der Waals surface area (Å²) in [6.45, 7) is 4.28. The maximum absolute atomic E-state index is 13.1. The molecule has 0 saturated heterocycles. The Balaban J connectivity index is 1.62. The molecule has 0 atom stereocenters. The first-order chi connectivity index (χ1) is 15.2. The van der Waals surface area contributed by atoms with Crippen LogP contribution >= 0.6 is 11.3 Å². The molecular weight excluding hydrogens is 422 g/mol. The molecule has 0 aliphatic heterocycles. The first kappa shape index (κ1) is 21.2. The van der Waals surface area contributed by atoms with Gasteiger partial charge < -0.3 is 20.7 Å². The second-order valence-corrected chi connectivity index (χ2v) is 10.9. The number of thiophene rings is 1. The predicted octanol–water partition coefficient (Wildman–Crippen LogP) is 4.66. The van der Waals surface area contributed by atoms with E-state index in [4.69, 9.17) is 5.73 Å². The molecule has 1 saturated carbocycles. The first-order valence-corrected chi connectivity index (χ1v) is 12.1. The molecular formula is C25H29N3O3S. The molecule has 7 heteroatoms. The van der Waals surface area contributed by atoms with Crippen molar-refractivity contribution in [1.82, 2.24) is 4.57 Å². The largest absolute Gasteiger partial charge is 0.393 e. The summed E-state index contributed by atoms with van der Waals surface area (Å²) < 4.78 is 3.22. The number of primary amides is 1. The van der Waals surface area contributed by atoms with Crippen LogP contribution in [-0.2, 0) is 6.42 Å². The number of hydrogen-bond acceptors (Lipinski definition) is 5. The van der Waals surface area contributed by atoms with Gasteiger partial charge in [-0.05, 0) is 67.2 Å². The van der Waals surface area contributed by atoms with Crippen molar-refractivity contribution in [1.29, 1.82) is 0 Å². The van der Waals surface area contributed by atoms with Crippen LogP contribution in [0.5, 0.6) is 0 Å². The van der Waals surface area contributed by atoms with Crippen molar-refractivity contribution in [3.63, 3.8) is 0 Å². The molecule has 2 aliphatic carbocycles. The molecule has 0 unspecified atom stereocenters. The molecule has 0 radical (unpaired) electrons. The molecule has 32 heavy (non-hydrogen) atoms. The highest BCUT2D eigenvalue weighted by atomic mass is 32.1. The van der Waals surface area contributed by atoms with Crippen LogP contribution in [0.15, 0.2) is 29.6 Å². The summed E-state index contributed by atoms with van der Waals surface area (Å²) in [5.74, 6) is -0.267. The van der Waals surface area contributed by atoms with Gasteiger partial charge in [-0.1, -0.05) is 13.8 Å². The van der Waals surface area contributed by atoms with Gasteiger partial charge in [0, 0.05) is 29.5 Å². The highest BCUT2D eigenvalue weighted by molar-refractivity contribution is 7.17. The number of carbonyl (C=O) groups is 2. The van der Waals surface area contributed by atoms with Gasteiger partial charge in [0.1, 0.15) is 0 Å². The number of Topliss-reactive ketones (excluding diaryl/α,β-unsaturated/α-hetero) is 1. The predicted molar refractivity (Wildman–Crippen MR) is 128 cm³/mol. The topological polar surface area (TPSA) is 97.4 Å². The average Bonchev–Trinajstić information content (AvgIpc) is 3.28. The van der Waals surface area contributed by atoms with Gasteiger partial charge in [0.25, 0.3) is 5.91 Å². The number of ketones is 1. The van der Waals surface area contributed by atoms with Crippen molar-refractivity contribution in [3.05, 3.63) is 46.5 Å². The standard InChI is InChI=1S/C25H29N3O3S/c1-25(2)12-20-22(21(30)13-25)23-19(9-10-32-23)28(20)15-5-8-17(24(26)31)18(11-15)27-14-3-6-16(29)7-4-14/h5,8-11,14,16,27,29H,3-4,6-7,12-13H2,1-2H3,(H2,26,31)/t14-,16-. The zero-order valence-electron chi connectivity index (χ0n) is 18.5. The normalized spacial score (nSPS) is 22.7. The van der Waals surface area contributed by atoms with Crippen LogP contribution < -0.4 is 11.1 Å². The van der Waals surface area contributed by atoms with Crippen molar-refractivity contribution in [3.8, 4) is 5.69 Å². The number of carbonyl (C=O) groups excluding carboxylic acids is 2. The van der Waals surface area contributed by atoms with E-state index in [9.17, 15) is 14.7 Å². The maximum Gasteiger partial charge on any atom is 0.250 e. The van der Waals surface area contributed by atoms with Gasteiger partial charge in [0.05, 0.1) is 27.4 Å². The Morgan fingerprint density at radius 3 is 2.66 bits per heavy atom. The number of nitrogens with two attached hydrogens (primary N) is 1. The van der Waals surface area contributed by atoms with Crippen molar-refractivity contribution >= 4 is 38.9 Å². The van der Waals surface area contributed by atoms with Crippen molar-refractivity contribution in [2.24, 2.45) is 11.1 Å². The van der Waals surface area contributed by atoms with Gasteiger partial charge in [-0.2, -0.15) is 0 Å². The zero-order chi connectivity index (χ0) is 22.6. The Labute approximate surface area is 191 Å². The van der Waals surface area contributed by atoms with Crippen LogP contribution in [0.25, 0.3) is 15.9 Å². The number of benzene rings is 1. The van der Waals surface area contributed by atoms with Crippen molar-refractivity contribution in [2.75, 3.05) is 5.32 Å². The minimum Gasteiger partial charge on any atom is -0.393 e. The molecule has 1 aromatic carbocycles. The molecule has 0 spiro atoms. The monoisotopic (exact) mass is 451 g/mol. The number of nitrogens with zero attached hydrogens (tertiary/aromatic N) is 1. The molecule has 1 fully saturated rings. The lowest BCUT2D eigenvalue weighted by molar-refractivity contribution is 0.0912. The van der Waals surface area contributed by atoms with E-state index >= 15 is 0 Å². The van der Waals surface area contributed by atoms with E-state index in [0.29, 0.717) is 17.7 Å². The number of nitrogens with one attached hydrogen (secondary N) is 1. The lowest BCUT2D eigenvalue weighted by Gasteiger charge is -2.30. The third-order valence-electron chi connectivity index (χ3n) is 6.82. The maximum atomic E-state index is 13.1. The number of amides is 1. The average molecular weight is 452 g/mol. The molecule has 0 bridgehead atoms. The summed E-state index contributed by atoms with van der Waals surface area (Å²) in [4.78, 5) is 25.2.